The van der Waals surface area contributed by atoms with Crippen molar-refractivity contribution in [1.82, 2.24) is 4.90 Å². The van der Waals surface area contributed by atoms with Gasteiger partial charge in [-0.25, -0.2) is 0 Å². The molecule has 1 saturated heterocycles. The topological polar surface area (TPSA) is 35.9 Å². The van der Waals surface area contributed by atoms with E-state index in [-0.39, 0.29) is 12.1 Å². The van der Waals surface area contributed by atoms with Crippen molar-refractivity contribution in [3.05, 3.63) is 24.3 Å². The molecule has 1 atom stereocenters. The zero-order valence-electron chi connectivity index (χ0n) is 12.1. The van der Waals surface area contributed by atoms with E-state index in [9.17, 15) is 5.11 Å². The summed E-state index contributed by atoms with van der Waals surface area (Å²) in [5, 5.41) is 9.68. The molecule has 4 nitrogen and oxygen atoms in total. The summed E-state index contributed by atoms with van der Waals surface area (Å²) in [6.07, 6.45) is 0.990. The van der Waals surface area contributed by atoms with E-state index in [1.807, 2.05) is 33.2 Å². The molecular weight excluding hydrogens is 240 g/mol. The fourth-order valence-corrected chi connectivity index (χ4v) is 2.63. The number of anilines is 1. The van der Waals surface area contributed by atoms with Crippen LogP contribution in [0.4, 0.5) is 5.69 Å². The van der Waals surface area contributed by atoms with E-state index < -0.39 is 0 Å². The summed E-state index contributed by atoms with van der Waals surface area (Å²) >= 11 is 0. The van der Waals surface area contributed by atoms with Crippen LogP contribution in [0, 0.1) is 0 Å². The lowest BCUT2D eigenvalue weighted by atomic mass is 9.99. The smallest absolute Gasteiger partial charge is 0.119 e. The second-order valence-electron chi connectivity index (χ2n) is 5.38. The van der Waals surface area contributed by atoms with Crippen molar-refractivity contribution in [3.8, 4) is 5.75 Å². The number of aliphatic hydroxyl groups is 1. The van der Waals surface area contributed by atoms with Crippen molar-refractivity contribution in [2.45, 2.75) is 18.9 Å². The van der Waals surface area contributed by atoms with Crippen LogP contribution in [-0.4, -0.2) is 55.9 Å². The van der Waals surface area contributed by atoms with Gasteiger partial charge < -0.3 is 14.7 Å². The summed E-state index contributed by atoms with van der Waals surface area (Å²) in [4.78, 5) is 4.47. The van der Waals surface area contributed by atoms with Crippen molar-refractivity contribution in [2.24, 2.45) is 0 Å². The average molecular weight is 264 g/mol. The van der Waals surface area contributed by atoms with Gasteiger partial charge in [-0.2, -0.15) is 0 Å². The minimum absolute atomic E-state index is 0.113. The van der Waals surface area contributed by atoms with Crippen LogP contribution in [0.3, 0.4) is 0 Å². The van der Waals surface area contributed by atoms with Crippen LogP contribution in [0.1, 0.15) is 13.3 Å². The van der Waals surface area contributed by atoms with Gasteiger partial charge in [0.15, 0.2) is 0 Å². The van der Waals surface area contributed by atoms with Gasteiger partial charge in [-0.05, 0) is 51.7 Å². The molecule has 19 heavy (non-hydrogen) atoms. The van der Waals surface area contributed by atoms with Gasteiger partial charge in [-0.1, -0.05) is 0 Å². The largest absolute Gasteiger partial charge is 0.494 e. The number of nitrogens with zero attached hydrogens (tertiary/aromatic N) is 2. The number of hydrogen-bond acceptors (Lipinski definition) is 4. The lowest BCUT2D eigenvalue weighted by Crippen LogP contribution is -2.49. The Morgan fingerprint density at radius 2 is 2.00 bits per heavy atom. The molecule has 1 heterocycles. The van der Waals surface area contributed by atoms with E-state index in [0.717, 1.165) is 25.3 Å². The summed E-state index contributed by atoms with van der Waals surface area (Å²) in [5.74, 6) is 0.909. The highest BCUT2D eigenvalue weighted by molar-refractivity contribution is 5.50. The molecule has 1 N–H and O–H groups in total. The first-order chi connectivity index (χ1) is 9.11. The molecule has 0 spiro atoms. The zero-order valence-corrected chi connectivity index (χ0v) is 12.1. The summed E-state index contributed by atoms with van der Waals surface area (Å²) < 4.78 is 5.46. The lowest BCUT2D eigenvalue weighted by Gasteiger charge is -2.34. The molecule has 0 bridgehead atoms. The summed E-state index contributed by atoms with van der Waals surface area (Å²) in [7, 11) is 4.08. The molecule has 0 saturated carbocycles. The molecule has 106 valence electrons. The molecular formula is C15H24N2O2. The molecule has 0 amide bonds. The maximum Gasteiger partial charge on any atom is 0.119 e. The van der Waals surface area contributed by atoms with E-state index in [1.165, 1.54) is 5.69 Å². The fraction of sp³-hybridized carbons (Fsp3) is 0.600. The van der Waals surface area contributed by atoms with Crippen molar-refractivity contribution in [1.29, 1.82) is 0 Å². The van der Waals surface area contributed by atoms with E-state index in [1.54, 1.807) is 0 Å². The Balaban J connectivity index is 2.08. The number of ether oxygens (including phenoxy) is 1. The van der Waals surface area contributed by atoms with Gasteiger partial charge >= 0.3 is 0 Å². The number of benzene rings is 1. The number of likely N-dealkylation sites (N-methyl/N-ethyl adjacent to an activating group) is 1. The molecule has 1 unspecified atom stereocenters. The van der Waals surface area contributed by atoms with E-state index in [0.29, 0.717) is 6.61 Å². The molecule has 4 heteroatoms. The van der Waals surface area contributed by atoms with Gasteiger partial charge in [0.05, 0.1) is 18.8 Å². The van der Waals surface area contributed by atoms with Gasteiger partial charge in [0, 0.05) is 18.8 Å². The molecule has 1 aliphatic rings. The Bertz CT molecular complexity index is 405. The second-order valence-corrected chi connectivity index (χ2v) is 5.38. The van der Waals surface area contributed by atoms with Gasteiger partial charge in [0.2, 0.25) is 0 Å². The maximum absolute atomic E-state index is 9.68. The molecule has 0 aliphatic carbocycles. The normalized spacial score (nSPS) is 23.1. The molecule has 0 radical (unpaired) electrons. The van der Waals surface area contributed by atoms with Crippen LogP contribution in [0.15, 0.2) is 24.3 Å². The van der Waals surface area contributed by atoms with Crippen molar-refractivity contribution < 1.29 is 9.84 Å². The fourth-order valence-electron chi connectivity index (χ4n) is 2.63. The third-order valence-electron chi connectivity index (χ3n) is 4.09. The Morgan fingerprint density at radius 1 is 1.32 bits per heavy atom. The van der Waals surface area contributed by atoms with Crippen LogP contribution in [0.2, 0.25) is 0 Å². The minimum atomic E-state index is -0.113. The van der Waals surface area contributed by atoms with Crippen molar-refractivity contribution >= 4 is 5.69 Å². The Hall–Kier alpha value is -1.26. The molecule has 1 fully saturated rings. The molecule has 1 aromatic rings. The van der Waals surface area contributed by atoms with Crippen LogP contribution >= 0.6 is 0 Å². The maximum atomic E-state index is 9.68. The standard InChI is InChI=1S/C15H24N2O2/c1-4-19-14-7-5-13(6-8-14)17-10-9-15(11-17,12-18)16(2)3/h5-8,18H,4,9-12H2,1-3H3. The summed E-state index contributed by atoms with van der Waals surface area (Å²) in [6.45, 7) is 4.73. The van der Waals surface area contributed by atoms with E-state index in [4.69, 9.17) is 4.74 Å². The van der Waals surface area contributed by atoms with Crippen LogP contribution < -0.4 is 9.64 Å². The molecule has 0 aromatic heterocycles. The van der Waals surface area contributed by atoms with Gasteiger partial charge in [-0.3, -0.25) is 4.90 Å². The number of aliphatic hydroxyl groups excluding tert-OH is 1. The first-order valence-corrected chi connectivity index (χ1v) is 6.87. The Kier molecular flexibility index (Phi) is 4.32. The van der Waals surface area contributed by atoms with Crippen LogP contribution in [0.5, 0.6) is 5.75 Å². The van der Waals surface area contributed by atoms with Gasteiger partial charge in [-0.15, -0.1) is 0 Å². The van der Waals surface area contributed by atoms with Crippen LogP contribution in [0.25, 0.3) is 0 Å². The monoisotopic (exact) mass is 264 g/mol. The van der Waals surface area contributed by atoms with E-state index in [2.05, 4.69) is 21.9 Å². The predicted molar refractivity (Wildman–Crippen MR) is 77.9 cm³/mol. The highest BCUT2D eigenvalue weighted by Gasteiger charge is 2.39. The van der Waals surface area contributed by atoms with Crippen LogP contribution in [-0.2, 0) is 0 Å². The van der Waals surface area contributed by atoms with Crippen molar-refractivity contribution in [2.75, 3.05) is 45.3 Å². The molecule has 2 rings (SSSR count). The quantitative estimate of drug-likeness (QED) is 0.876. The van der Waals surface area contributed by atoms with Gasteiger partial charge in [0.25, 0.3) is 0 Å². The van der Waals surface area contributed by atoms with Gasteiger partial charge in [0.1, 0.15) is 5.75 Å². The third kappa shape index (κ3) is 2.85. The number of hydrogen-bond donors (Lipinski definition) is 1. The summed E-state index contributed by atoms with van der Waals surface area (Å²) in [6, 6.07) is 8.20. The van der Waals surface area contributed by atoms with Crippen molar-refractivity contribution in [3.63, 3.8) is 0 Å². The molecule has 1 aromatic carbocycles. The lowest BCUT2D eigenvalue weighted by molar-refractivity contribution is 0.0867. The van der Waals surface area contributed by atoms with E-state index >= 15 is 0 Å². The zero-order chi connectivity index (χ0) is 13.9. The SMILES string of the molecule is CCOc1ccc(N2CCC(CO)(N(C)C)C2)cc1. The average Bonchev–Trinajstić information content (AvgIpc) is 2.86. The third-order valence-corrected chi connectivity index (χ3v) is 4.09. The summed E-state index contributed by atoms with van der Waals surface area (Å²) in [5.41, 5.74) is 1.08. The Morgan fingerprint density at radius 3 is 2.47 bits per heavy atom. The highest BCUT2D eigenvalue weighted by Crippen LogP contribution is 2.30. The predicted octanol–water partition coefficient (Wildman–Crippen LogP) is 1.59. The minimum Gasteiger partial charge on any atom is -0.494 e. The first-order valence-electron chi connectivity index (χ1n) is 6.87. The molecule has 1 aliphatic heterocycles. The number of rotatable bonds is 5. The Labute approximate surface area is 115 Å². The second kappa shape index (κ2) is 5.80. The highest BCUT2D eigenvalue weighted by atomic mass is 16.5. The first kappa shape index (κ1) is 14.2.